The van der Waals surface area contributed by atoms with E-state index in [-0.39, 0.29) is 17.0 Å². The third kappa shape index (κ3) is 4.33. The highest BCUT2D eigenvalue weighted by atomic mass is 19.4. The van der Waals surface area contributed by atoms with Gasteiger partial charge < -0.3 is 9.47 Å². The van der Waals surface area contributed by atoms with Crippen LogP contribution in [0.4, 0.5) is 26.3 Å². The molecule has 35 heavy (non-hydrogen) atoms. The number of hydrogen-bond acceptors (Lipinski definition) is 4. The standard InChI is InChI=1S/C25H22F6N2O2/c1-34-15-7-4-6-14(12-15)23-33-11-3-2-10-19(33)22(35-23)17-13-20(25(29,30)31)32-21-16(17)8-5-9-18(21)24(26,27)28/h4-9,12-13,19,22-23H,2-3,10-11H2,1H3/t19-,22+,23?/m1/s1. The van der Waals surface area contributed by atoms with Gasteiger partial charge in [0.2, 0.25) is 0 Å². The maximum absolute atomic E-state index is 13.8. The Labute approximate surface area is 197 Å². The van der Waals surface area contributed by atoms with Gasteiger partial charge in [0.25, 0.3) is 0 Å². The van der Waals surface area contributed by atoms with Crippen LogP contribution in [-0.2, 0) is 17.1 Å². The van der Waals surface area contributed by atoms with Gasteiger partial charge in [0.05, 0.1) is 18.2 Å². The number of aromatic nitrogens is 1. The molecule has 0 spiro atoms. The van der Waals surface area contributed by atoms with Gasteiger partial charge >= 0.3 is 12.4 Å². The fraction of sp³-hybridized carbons (Fsp3) is 0.400. The summed E-state index contributed by atoms with van der Waals surface area (Å²) in [6.45, 7) is 0.659. The lowest BCUT2D eigenvalue weighted by Gasteiger charge is -2.33. The van der Waals surface area contributed by atoms with E-state index in [2.05, 4.69) is 9.88 Å². The molecule has 2 saturated heterocycles. The SMILES string of the molecule is COc1cccc(C2O[C@@H](c3cc(C(F)(F)F)nc4c(C(F)(F)F)cccc34)[C@H]3CCCCN23)c1. The summed E-state index contributed by atoms with van der Waals surface area (Å²) in [5.74, 6) is 0.603. The Morgan fingerprint density at radius 2 is 1.74 bits per heavy atom. The predicted octanol–water partition coefficient (Wildman–Crippen LogP) is 6.91. The number of benzene rings is 2. The molecule has 0 radical (unpaired) electrons. The van der Waals surface area contributed by atoms with Gasteiger partial charge in [-0.05, 0) is 48.2 Å². The van der Waals surface area contributed by atoms with E-state index < -0.39 is 41.5 Å². The lowest BCUT2D eigenvalue weighted by atomic mass is 9.91. The number of methoxy groups -OCH3 is 1. The molecule has 3 aromatic rings. The number of ether oxygens (including phenoxy) is 2. The molecule has 0 N–H and O–H groups in total. The largest absolute Gasteiger partial charge is 0.497 e. The summed E-state index contributed by atoms with van der Waals surface area (Å²) < 4.78 is 94.1. The topological polar surface area (TPSA) is 34.6 Å². The van der Waals surface area contributed by atoms with Crippen molar-refractivity contribution in [1.29, 1.82) is 0 Å². The van der Waals surface area contributed by atoms with Gasteiger partial charge in [-0.15, -0.1) is 0 Å². The first-order valence-electron chi connectivity index (χ1n) is 11.2. The lowest BCUT2D eigenvalue weighted by molar-refractivity contribution is -0.142. The molecule has 186 valence electrons. The van der Waals surface area contributed by atoms with Crippen LogP contribution >= 0.6 is 0 Å². The van der Waals surface area contributed by atoms with Crippen molar-refractivity contribution < 1.29 is 35.8 Å². The average Bonchev–Trinajstić information content (AvgIpc) is 3.21. The van der Waals surface area contributed by atoms with Crippen LogP contribution in [0.25, 0.3) is 10.9 Å². The van der Waals surface area contributed by atoms with E-state index in [1.165, 1.54) is 19.2 Å². The molecule has 0 aliphatic carbocycles. The fourth-order valence-electron chi connectivity index (χ4n) is 5.13. The minimum absolute atomic E-state index is 0.00893. The van der Waals surface area contributed by atoms with Gasteiger partial charge in [0, 0.05) is 18.0 Å². The first kappa shape index (κ1) is 23.9. The molecule has 1 unspecified atom stereocenters. The Bertz CT molecular complexity index is 1240. The van der Waals surface area contributed by atoms with Crippen LogP contribution in [-0.4, -0.2) is 29.6 Å². The Morgan fingerprint density at radius 1 is 0.971 bits per heavy atom. The number of rotatable bonds is 3. The van der Waals surface area contributed by atoms with Crippen molar-refractivity contribution in [2.75, 3.05) is 13.7 Å². The van der Waals surface area contributed by atoms with Crippen LogP contribution < -0.4 is 4.74 Å². The summed E-state index contributed by atoms with van der Waals surface area (Å²) in [5, 5.41) is 0.00893. The molecule has 0 amide bonds. The van der Waals surface area contributed by atoms with Crippen molar-refractivity contribution in [3.63, 3.8) is 0 Å². The summed E-state index contributed by atoms with van der Waals surface area (Å²) in [6, 6.07) is 11.1. The van der Waals surface area contributed by atoms with E-state index in [0.717, 1.165) is 30.5 Å². The molecule has 0 saturated carbocycles. The predicted molar refractivity (Wildman–Crippen MR) is 116 cm³/mol. The summed E-state index contributed by atoms with van der Waals surface area (Å²) in [6.07, 6.45) is -8.82. The zero-order chi connectivity index (χ0) is 25.0. The van der Waals surface area contributed by atoms with E-state index in [1.807, 2.05) is 6.07 Å². The average molecular weight is 496 g/mol. The molecule has 3 heterocycles. The second-order valence-corrected chi connectivity index (χ2v) is 8.78. The van der Waals surface area contributed by atoms with Crippen LogP contribution in [0.2, 0.25) is 0 Å². The van der Waals surface area contributed by atoms with Crippen molar-refractivity contribution in [3.05, 3.63) is 70.9 Å². The molecule has 4 nitrogen and oxygen atoms in total. The van der Waals surface area contributed by atoms with Gasteiger partial charge in [0.1, 0.15) is 23.8 Å². The first-order chi connectivity index (χ1) is 16.6. The Hall–Kier alpha value is -2.85. The number of para-hydroxylation sites is 1. The number of piperidine rings is 1. The molecule has 3 atom stereocenters. The molecule has 2 aliphatic heterocycles. The van der Waals surface area contributed by atoms with E-state index in [4.69, 9.17) is 9.47 Å². The second kappa shape index (κ2) is 8.67. The molecule has 1 aromatic heterocycles. The monoisotopic (exact) mass is 496 g/mol. The van der Waals surface area contributed by atoms with Crippen LogP contribution in [0.3, 0.4) is 0 Å². The number of nitrogens with zero attached hydrogens (tertiary/aromatic N) is 2. The molecular formula is C25H22F6N2O2. The minimum atomic E-state index is -4.92. The van der Waals surface area contributed by atoms with E-state index in [9.17, 15) is 26.3 Å². The Balaban J connectivity index is 1.68. The van der Waals surface area contributed by atoms with E-state index in [0.29, 0.717) is 18.7 Å². The quantitative estimate of drug-likeness (QED) is 0.369. The van der Waals surface area contributed by atoms with Gasteiger partial charge in [0.15, 0.2) is 0 Å². The maximum Gasteiger partial charge on any atom is 0.433 e. The molecule has 2 aromatic carbocycles. The highest BCUT2D eigenvalue weighted by Gasteiger charge is 2.46. The van der Waals surface area contributed by atoms with Crippen molar-refractivity contribution in [1.82, 2.24) is 9.88 Å². The van der Waals surface area contributed by atoms with Gasteiger partial charge in [-0.3, -0.25) is 4.90 Å². The van der Waals surface area contributed by atoms with Crippen molar-refractivity contribution in [2.45, 2.75) is 50.0 Å². The summed E-state index contributed by atoms with van der Waals surface area (Å²) in [4.78, 5) is 5.50. The highest BCUT2D eigenvalue weighted by Crippen LogP contribution is 2.49. The summed E-state index contributed by atoms with van der Waals surface area (Å²) in [7, 11) is 1.53. The van der Waals surface area contributed by atoms with Crippen molar-refractivity contribution >= 4 is 10.9 Å². The minimum Gasteiger partial charge on any atom is -0.497 e. The maximum atomic E-state index is 13.8. The zero-order valence-electron chi connectivity index (χ0n) is 18.7. The number of alkyl halides is 6. The highest BCUT2D eigenvalue weighted by molar-refractivity contribution is 5.86. The number of halogens is 6. The van der Waals surface area contributed by atoms with Crippen LogP contribution in [0.15, 0.2) is 48.5 Å². The molecular weight excluding hydrogens is 474 g/mol. The molecule has 5 rings (SSSR count). The molecule has 2 aliphatic rings. The molecule has 0 bridgehead atoms. The normalized spacial score (nSPS) is 23.5. The van der Waals surface area contributed by atoms with E-state index >= 15 is 0 Å². The molecule has 10 heteroatoms. The van der Waals surface area contributed by atoms with Gasteiger partial charge in [-0.1, -0.05) is 30.7 Å². The third-order valence-corrected chi connectivity index (χ3v) is 6.67. The number of fused-ring (bicyclic) bond motifs is 2. The van der Waals surface area contributed by atoms with Gasteiger partial charge in [-0.2, -0.15) is 26.3 Å². The van der Waals surface area contributed by atoms with E-state index in [1.54, 1.807) is 18.2 Å². The Morgan fingerprint density at radius 3 is 2.46 bits per heavy atom. The van der Waals surface area contributed by atoms with Crippen LogP contribution in [0, 0.1) is 0 Å². The molecule has 2 fully saturated rings. The lowest BCUT2D eigenvalue weighted by Crippen LogP contribution is -2.38. The van der Waals surface area contributed by atoms with Crippen molar-refractivity contribution in [3.8, 4) is 5.75 Å². The van der Waals surface area contributed by atoms with Crippen LogP contribution in [0.1, 0.15) is 54.0 Å². The van der Waals surface area contributed by atoms with Crippen molar-refractivity contribution in [2.24, 2.45) is 0 Å². The summed E-state index contributed by atoms with van der Waals surface area (Å²) >= 11 is 0. The number of pyridine rings is 1. The zero-order valence-corrected chi connectivity index (χ0v) is 18.7. The number of hydrogen-bond donors (Lipinski definition) is 0. The summed E-state index contributed by atoms with van der Waals surface area (Å²) in [5.41, 5.74) is -2.46. The Kier molecular flexibility index (Phi) is 5.91. The second-order valence-electron chi connectivity index (χ2n) is 8.78. The third-order valence-electron chi connectivity index (χ3n) is 6.67. The smallest absolute Gasteiger partial charge is 0.433 e. The van der Waals surface area contributed by atoms with Gasteiger partial charge in [-0.25, -0.2) is 4.98 Å². The van der Waals surface area contributed by atoms with Crippen LogP contribution in [0.5, 0.6) is 5.75 Å². The first-order valence-corrected chi connectivity index (χ1v) is 11.2. The fourth-order valence-corrected chi connectivity index (χ4v) is 5.13.